The lowest BCUT2D eigenvalue weighted by atomic mass is 10.00. The van der Waals surface area contributed by atoms with E-state index in [1.165, 1.54) is 11.1 Å². The fraction of sp³-hybridized carbons (Fsp3) is 0.417. The van der Waals surface area contributed by atoms with Crippen LogP contribution < -0.4 is 5.32 Å². The number of nitrogens with zero attached hydrogens (tertiary/aromatic N) is 1. The van der Waals surface area contributed by atoms with E-state index in [9.17, 15) is 4.79 Å². The molecule has 0 aliphatic carbocycles. The van der Waals surface area contributed by atoms with Crippen LogP contribution in [0.5, 0.6) is 0 Å². The highest BCUT2D eigenvalue weighted by molar-refractivity contribution is 9.10. The summed E-state index contributed by atoms with van der Waals surface area (Å²) in [5.74, 6) is 0.174. The normalized spacial score (nSPS) is 14.8. The van der Waals surface area contributed by atoms with Gasteiger partial charge in [-0.15, -0.1) is 0 Å². The average Bonchev–Trinajstić information content (AvgIpc) is 2.29. The molecule has 0 unspecified atom stereocenters. The van der Waals surface area contributed by atoms with Gasteiger partial charge in [0.15, 0.2) is 0 Å². The Morgan fingerprint density at radius 1 is 1.56 bits per heavy atom. The van der Waals surface area contributed by atoms with Gasteiger partial charge in [-0.05, 0) is 30.7 Å². The molecule has 0 fully saturated rings. The van der Waals surface area contributed by atoms with Crippen LogP contribution >= 0.6 is 15.9 Å². The molecule has 1 aromatic rings. The van der Waals surface area contributed by atoms with E-state index >= 15 is 0 Å². The maximum absolute atomic E-state index is 11.7. The van der Waals surface area contributed by atoms with Crippen LogP contribution in [0.4, 0.5) is 0 Å². The molecule has 0 radical (unpaired) electrons. The molecule has 0 aromatic heterocycles. The van der Waals surface area contributed by atoms with Crippen LogP contribution in [-0.4, -0.2) is 30.9 Å². The average molecular weight is 283 g/mol. The maximum Gasteiger partial charge on any atom is 0.236 e. The molecule has 0 saturated heterocycles. The van der Waals surface area contributed by atoms with Gasteiger partial charge in [-0.2, -0.15) is 0 Å². The van der Waals surface area contributed by atoms with Gasteiger partial charge in [0.2, 0.25) is 5.91 Å². The molecule has 3 nitrogen and oxygen atoms in total. The SMILES string of the molecule is CNCC(=O)N1CCc2c(Br)cccc2C1. The van der Waals surface area contributed by atoms with Crippen molar-refractivity contribution in [1.82, 2.24) is 10.2 Å². The first-order valence-electron chi connectivity index (χ1n) is 5.41. The minimum Gasteiger partial charge on any atom is -0.337 e. The van der Waals surface area contributed by atoms with Gasteiger partial charge in [0.1, 0.15) is 0 Å². The third-order valence-electron chi connectivity index (χ3n) is 2.89. The second-order valence-electron chi connectivity index (χ2n) is 3.97. The number of rotatable bonds is 2. The molecule has 16 heavy (non-hydrogen) atoms. The second-order valence-corrected chi connectivity index (χ2v) is 4.83. The van der Waals surface area contributed by atoms with Gasteiger partial charge in [0.05, 0.1) is 6.54 Å². The number of carbonyl (C=O) groups is 1. The standard InChI is InChI=1S/C12H15BrN2O/c1-14-7-12(16)15-6-5-10-9(8-15)3-2-4-11(10)13/h2-4,14H,5-8H2,1H3. The Kier molecular flexibility index (Phi) is 3.61. The number of fused-ring (bicyclic) bond motifs is 1. The molecule has 2 rings (SSSR count). The third kappa shape index (κ3) is 2.28. The molecule has 86 valence electrons. The van der Waals surface area contributed by atoms with E-state index < -0.39 is 0 Å². The van der Waals surface area contributed by atoms with Gasteiger partial charge < -0.3 is 10.2 Å². The molecular weight excluding hydrogens is 268 g/mol. The minimum absolute atomic E-state index is 0.174. The zero-order valence-corrected chi connectivity index (χ0v) is 10.9. The zero-order chi connectivity index (χ0) is 11.5. The van der Waals surface area contributed by atoms with Crippen molar-refractivity contribution in [3.05, 3.63) is 33.8 Å². The van der Waals surface area contributed by atoms with Crippen LogP contribution in [0.25, 0.3) is 0 Å². The molecule has 4 heteroatoms. The van der Waals surface area contributed by atoms with Crippen molar-refractivity contribution in [1.29, 1.82) is 0 Å². The number of hydrogen-bond acceptors (Lipinski definition) is 2. The summed E-state index contributed by atoms with van der Waals surface area (Å²) in [6.45, 7) is 1.97. The summed E-state index contributed by atoms with van der Waals surface area (Å²) in [7, 11) is 1.80. The van der Waals surface area contributed by atoms with Crippen LogP contribution in [0.1, 0.15) is 11.1 Å². The van der Waals surface area contributed by atoms with E-state index in [2.05, 4.69) is 33.4 Å². The summed E-state index contributed by atoms with van der Waals surface area (Å²) in [5.41, 5.74) is 2.60. The third-order valence-corrected chi connectivity index (χ3v) is 3.63. The van der Waals surface area contributed by atoms with Crippen molar-refractivity contribution in [3.63, 3.8) is 0 Å². The highest BCUT2D eigenvalue weighted by Gasteiger charge is 2.20. The summed E-state index contributed by atoms with van der Waals surface area (Å²) in [6.07, 6.45) is 0.937. The number of likely N-dealkylation sites (N-methyl/N-ethyl adjacent to an activating group) is 1. The fourth-order valence-electron chi connectivity index (χ4n) is 2.04. The Morgan fingerprint density at radius 3 is 3.12 bits per heavy atom. The lowest BCUT2D eigenvalue weighted by Crippen LogP contribution is -2.40. The van der Waals surface area contributed by atoms with Crippen LogP contribution in [0.2, 0.25) is 0 Å². The van der Waals surface area contributed by atoms with Gasteiger partial charge in [-0.1, -0.05) is 28.1 Å². The molecule has 1 N–H and O–H groups in total. The number of hydrogen-bond donors (Lipinski definition) is 1. The second kappa shape index (κ2) is 4.97. The summed E-state index contributed by atoms with van der Waals surface area (Å²) in [4.78, 5) is 13.7. The predicted molar refractivity (Wildman–Crippen MR) is 67.2 cm³/mol. The fourth-order valence-corrected chi connectivity index (χ4v) is 2.64. The van der Waals surface area contributed by atoms with Crippen molar-refractivity contribution in [2.75, 3.05) is 20.1 Å². The summed E-state index contributed by atoms with van der Waals surface area (Å²) < 4.78 is 1.16. The van der Waals surface area contributed by atoms with E-state index in [0.29, 0.717) is 6.54 Å². The highest BCUT2D eigenvalue weighted by Crippen LogP contribution is 2.26. The molecule has 1 aliphatic heterocycles. The van der Waals surface area contributed by atoms with Crippen LogP contribution in [-0.2, 0) is 17.8 Å². The monoisotopic (exact) mass is 282 g/mol. The molecule has 1 aliphatic rings. The largest absolute Gasteiger partial charge is 0.337 e. The first-order chi connectivity index (χ1) is 7.72. The van der Waals surface area contributed by atoms with Crippen molar-refractivity contribution in [2.24, 2.45) is 0 Å². The molecule has 0 spiro atoms. The van der Waals surface area contributed by atoms with E-state index in [-0.39, 0.29) is 5.91 Å². The summed E-state index contributed by atoms with van der Waals surface area (Å²) >= 11 is 3.55. The molecule has 0 atom stereocenters. The van der Waals surface area contributed by atoms with Crippen molar-refractivity contribution in [3.8, 4) is 0 Å². The van der Waals surface area contributed by atoms with Crippen LogP contribution in [0.15, 0.2) is 22.7 Å². The zero-order valence-electron chi connectivity index (χ0n) is 9.29. The maximum atomic E-state index is 11.7. The predicted octanol–water partition coefficient (Wildman–Crippen LogP) is 1.55. The quantitative estimate of drug-likeness (QED) is 0.893. The Morgan fingerprint density at radius 2 is 2.38 bits per heavy atom. The van der Waals surface area contributed by atoms with Gasteiger partial charge in [-0.25, -0.2) is 0 Å². The smallest absolute Gasteiger partial charge is 0.236 e. The van der Waals surface area contributed by atoms with Gasteiger partial charge in [0, 0.05) is 17.6 Å². The molecule has 1 heterocycles. The highest BCUT2D eigenvalue weighted by atomic mass is 79.9. The molecular formula is C12H15BrN2O. The number of halogens is 1. The van der Waals surface area contributed by atoms with Gasteiger partial charge >= 0.3 is 0 Å². The van der Waals surface area contributed by atoms with Crippen molar-refractivity contribution in [2.45, 2.75) is 13.0 Å². The van der Waals surface area contributed by atoms with Crippen LogP contribution in [0.3, 0.4) is 0 Å². The molecule has 1 aromatic carbocycles. The Labute approximate surface area is 104 Å². The van der Waals surface area contributed by atoms with Gasteiger partial charge in [-0.3, -0.25) is 4.79 Å². The van der Waals surface area contributed by atoms with E-state index in [4.69, 9.17) is 0 Å². The lowest BCUT2D eigenvalue weighted by molar-refractivity contribution is -0.131. The van der Waals surface area contributed by atoms with E-state index in [0.717, 1.165) is 24.0 Å². The summed E-state index contributed by atoms with van der Waals surface area (Å²) in [6, 6.07) is 6.18. The van der Waals surface area contributed by atoms with Crippen molar-refractivity contribution >= 4 is 21.8 Å². The lowest BCUT2D eigenvalue weighted by Gasteiger charge is -2.29. The first kappa shape index (κ1) is 11.6. The molecule has 0 saturated carbocycles. The van der Waals surface area contributed by atoms with Gasteiger partial charge in [0.25, 0.3) is 0 Å². The summed E-state index contributed by atoms with van der Waals surface area (Å²) in [5, 5.41) is 2.90. The molecule has 0 bridgehead atoms. The number of carbonyl (C=O) groups excluding carboxylic acids is 1. The van der Waals surface area contributed by atoms with Crippen LogP contribution in [0, 0.1) is 0 Å². The Balaban J connectivity index is 2.15. The Hall–Kier alpha value is -0.870. The topological polar surface area (TPSA) is 32.3 Å². The number of benzene rings is 1. The van der Waals surface area contributed by atoms with E-state index in [1.54, 1.807) is 7.05 Å². The first-order valence-corrected chi connectivity index (χ1v) is 6.20. The molecule has 1 amide bonds. The van der Waals surface area contributed by atoms with Crippen molar-refractivity contribution < 1.29 is 4.79 Å². The number of amides is 1. The number of nitrogens with one attached hydrogen (secondary N) is 1. The van der Waals surface area contributed by atoms with E-state index in [1.807, 2.05) is 11.0 Å². The Bertz CT molecular complexity index is 406. The minimum atomic E-state index is 0.174.